The Hall–Kier alpha value is -6.00. The van der Waals surface area contributed by atoms with E-state index in [1.165, 1.54) is 10.8 Å². The second-order valence-electron chi connectivity index (χ2n) is 10.7. The van der Waals surface area contributed by atoms with Crippen molar-refractivity contribution in [2.24, 2.45) is 0 Å². The first-order valence-electron chi connectivity index (χ1n) is 14.6. The summed E-state index contributed by atoms with van der Waals surface area (Å²) < 4.78 is 0. The molecule has 4 heteroatoms. The third-order valence-electron chi connectivity index (χ3n) is 7.98. The molecule has 0 fully saturated rings. The summed E-state index contributed by atoms with van der Waals surface area (Å²) >= 11 is 0. The predicted molar refractivity (Wildman–Crippen MR) is 180 cm³/mol. The van der Waals surface area contributed by atoms with Crippen LogP contribution in [-0.2, 0) is 0 Å². The van der Waals surface area contributed by atoms with Gasteiger partial charge >= 0.3 is 0 Å². The highest BCUT2D eigenvalue weighted by atomic mass is 14.8. The van der Waals surface area contributed by atoms with Gasteiger partial charge in [-0.3, -0.25) is 9.97 Å². The van der Waals surface area contributed by atoms with E-state index in [1.54, 1.807) is 12.4 Å². The van der Waals surface area contributed by atoms with Crippen molar-refractivity contribution in [3.63, 3.8) is 0 Å². The van der Waals surface area contributed by atoms with Gasteiger partial charge < -0.3 is 0 Å². The molecule has 4 nitrogen and oxygen atoms in total. The van der Waals surface area contributed by atoms with E-state index in [4.69, 9.17) is 9.97 Å². The number of hydrogen-bond acceptors (Lipinski definition) is 4. The van der Waals surface area contributed by atoms with Gasteiger partial charge in [-0.05, 0) is 81.6 Å². The Morgan fingerprint density at radius 2 is 1.00 bits per heavy atom. The minimum absolute atomic E-state index is 0.812. The van der Waals surface area contributed by atoms with Gasteiger partial charge in [-0.1, -0.05) is 97.1 Å². The van der Waals surface area contributed by atoms with Gasteiger partial charge in [0.1, 0.15) is 0 Å². The minimum atomic E-state index is 0.812. The average Bonchev–Trinajstić information content (AvgIpc) is 3.12. The second-order valence-corrected chi connectivity index (χ2v) is 10.7. The Kier molecular flexibility index (Phi) is 6.43. The minimum Gasteiger partial charge on any atom is -0.255 e. The molecule has 0 amide bonds. The molecule has 4 aromatic heterocycles. The Balaban J connectivity index is 1.29. The molecule has 4 aromatic carbocycles. The molecule has 206 valence electrons. The van der Waals surface area contributed by atoms with Gasteiger partial charge in [0.25, 0.3) is 0 Å². The van der Waals surface area contributed by atoms with Crippen LogP contribution in [0.5, 0.6) is 0 Å². The molecule has 0 saturated heterocycles. The highest BCUT2D eigenvalue weighted by Crippen LogP contribution is 2.38. The van der Waals surface area contributed by atoms with Gasteiger partial charge in [0.05, 0.1) is 34.0 Å². The fourth-order valence-electron chi connectivity index (χ4n) is 5.82. The average molecular weight is 563 g/mol. The van der Waals surface area contributed by atoms with E-state index in [2.05, 4.69) is 113 Å². The molecule has 0 radical (unpaired) electrons. The summed E-state index contributed by atoms with van der Waals surface area (Å²) in [5.41, 5.74) is 10.8. The molecule has 0 bridgehead atoms. The lowest BCUT2D eigenvalue weighted by molar-refractivity contribution is 1.22. The molecule has 0 aliphatic heterocycles. The van der Waals surface area contributed by atoms with Crippen LogP contribution in [-0.4, -0.2) is 19.9 Å². The summed E-state index contributed by atoms with van der Waals surface area (Å²) in [6, 6.07) is 50.2. The number of nitrogens with zero attached hydrogens (tertiary/aromatic N) is 4. The number of pyridine rings is 4. The number of fused-ring (bicyclic) bond motifs is 3. The number of aromatic nitrogens is 4. The van der Waals surface area contributed by atoms with Crippen LogP contribution in [0.1, 0.15) is 0 Å². The number of rotatable bonds is 5. The highest BCUT2D eigenvalue weighted by molar-refractivity contribution is 6.13. The van der Waals surface area contributed by atoms with Gasteiger partial charge in [0.2, 0.25) is 0 Å². The lowest BCUT2D eigenvalue weighted by Crippen LogP contribution is -1.94. The van der Waals surface area contributed by atoms with Crippen LogP contribution in [0.4, 0.5) is 0 Å². The molecule has 0 saturated carbocycles. The first kappa shape index (κ1) is 25.7. The number of benzene rings is 4. The zero-order valence-electron chi connectivity index (χ0n) is 23.8. The van der Waals surface area contributed by atoms with Gasteiger partial charge in [0.15, 0.2) is 0 Å². The summed E-state index contributed by atoms with van der Waals surface area (Å²) in [7, 11) is 0. The van der Waals surface area contributed by atoms with E-state index in [0.717, 1.165) is 67.2 Å². The second kappa shape index (κ2) is 11.0. The first-order valence-corrected chi connectivity index (χ1v) is 14.6. The molecular weight excluding hydrogens is 536 g/mol. The largest absolute Gasteiger partial charge is 0.255 e. The molecule has 4 heterocycles. The van der Waals surface area contributed by atoms with E-state index in [-0.39, 0.29) is 0 Å². The molecule has 0 N–H and O–H groups in total. The predicted octanol–water partition coefficient (Wildman–Crippen LogP) is 9.91. The van der Waals surface area contributed by atoms with E-state index < -0.39 is 0 Å². The van der Waals surface area contributed by atoms with Gasteiger partial charge in [-0.25, -0.2) is 9.97 Å². The van der Waals surface area contributed by atoms with Crippen molar-refractivity contribution in [3.05, 3.63) is 158 Å². The van der Waals surface area contributed by atoms with E-state index in [9.17, 15) is 0 Å². The van der Waals surface area contributed by atoms with Crippen molar-refractivity contribution < 1.29 is 0 Å². The summed E-state index contributed by atoms with van der Waals surface area (Å²) in [6.07, 6.45) is 3.59. The first-order chi connectivity index (χ1) is 21.8. The maximum atomic E-state index is 5.11. The fourth-order valence-corrected chi connectivity index (χ4v) is 5.82. The maximum Gasteiger partial charge on any atom is 0.0900 e. The normalized spacial score (nSPS) is 11.2. The van der Waals surface area contributed by atoms with E-state index in [0.29, 0.717) is 0 Å². The van der Waals surface area contributed by atoms with Crippen LogP contribution in [0.3, 0.4) is 0 Å². The lowest BCUT2D eigenvalue weighted by Gasteiger charge is -2.14. The molecular formula is C40H26N4. The Morgan fingerprint density at radius 3 is 1.68 bits per heavy atom. The monoisotopic (exact) mass is 562 g/mol. The molecule has 44 heavy (non-hydrogen) atoms. The Bertz CT molecular complexity index is 2190. The molecule has 8 rings (SSSR count). The molecule has 0 aliphatic rings. The standard InChI is InChI=1S/C40H26N4/c1-2-11-30(12-3-1)37-26-33(40-32-13-5-4-10-28(32)20-21-36(40)43-37)29-18-16-27(17-19-29)31-24-38(34-14-6-8-22-41-34)44-39(25-31)35-15-7-9-23-42-35/h1-26H. The van der Waals surface area contributed by atoms with Crippen molar-refractivity contribution in [2.75, 3.05) is 0 Å². The van der Waals surface area contributed by atoms with Crippen molar-refractivity contribution in [1.82, 2.24) is 19.9 Å². The van der Waals surface area contributed by atoms with Crippen LogP contribution < -0.4 is 0 Å². The van der Waals surface area contributed by atoms with Gasteiger partial charge in [-0.2, -0.15) is 0 Å². The highest BCUT2D eigenvalue weighted by Gasteiger charge is 2.14. The van der Waals surface area contributed by atoms with E-state index in [1.807, 2.05) is 42.5 Å². The maximum absolute atomic E-state index is 5.11. The Labute approximate surface area is 255 Å². The molecule has 0 aliphatic carbocycles. The summed E-state index contributed by atoms with van der Waals surface area (Å²) in [5, 5.41) is 3.56. The van der Waals surface area contributed by atoms with Crippen molar-refractivity contribution in [1.29, 1.82) is 0 Å². The van der Waals surface area contributed by atoms with Gasteiger partial charge in [-0.15, -0.1) is 0 Å². The van der Waals surface area contributed by atoms with Crippen LogP contribution in [0.2, 0.25) is 0 Å². The van der Waals surface area contributed by atoms with Crippen LogP contribution >= 0.6 is 0 Å². The molecule has 0 unspecified atom stereocenters. The molecule has 8 aromatic rings. The topological polar surface area (TPSA) is 51.6 Å². The molecule has 0 spiro atoms. The van der Waals surface area contributed by atoms with Crippen LogP contribution in [0, 0.1) is 0 Å². The summed E-state index contributed by atoms with van der Waals surface area (Å²) in [5.74, 6) is 0. The fraction of sp³-hybridized carbons (Fsp3) is 0. The van der Waals surface area contributed by atoms with Crippen molar-refractivity contribution >= 4 is 21.7 Å². The van der Waals surface area contributed by atoms with E-state index >= 15 is 0 Å². The van der Waals surface area contributed by atoms with Crippen LogP contribution in [0.15, 0.2) is 158 Å². The zero-order chi connectivity index (χ0) is 29.3. The third-order valence-corrected chi connectivity index (χ3v) is 7.98. The SMILES string of the molecule is c1ccc(-c2cc(-c3ccc(-c4cc(-c5ccccn5)nc(-c5ccccn5)c4)cc3)c3c(ccc4ccccc43)n2)cc1. The lowest BCUT2D eigenvalue weighted by atomic mass is 9.93. The smallest absolute Gasteiger partial charge is 0.0900 e. The van der Waals surface area contributed by atoms with Crippen molar-refractivity contribution in [3.8, 4) is 56.3 Å². The van der Waals surface area contributed by atoms with Crippen LogP contribution in [0.25, 0.3) is 78.0 Å². The van der Waals surface area contributed by atoms with Gasteiger partial charge in [0, 0.05) is 23.3 Å². The quantitative estimate of drug-likeness (QED) is 0.196. The molecule has 0 atom stereocenters. The zero-order valence-corrected chi connectivity index (χ0v) is 23.8. The van der Waals surface area contributed by atoms with Crippen molar-refractivity contribution in [2.45, 2.75) is 0 Å². The Morgan fingerprint density at radius 1 is 0.364 bits per heavy atom. The summed E-state index contributed by atoms with van der Waals surface area (Å²) in [6.45, 7) is 0. The number of hydrogen-bond donors (Lipinski definition) is 0. The third kappa shape index (κ3) is 4.79. The summed E-state index contributed by atoms with van der Waals surface area (Å²) in [4.78, 5) is 19.2.